The highest BCUT2D eigenvalue weighted by molar-refractivity contribution is 8.13. The lowest BCUT2D eigenvalue weighted by atomic mass is 9.89. The molecule has 1 aliphatic heterocycles. The molecule has 2 rings (SSSR count). The van der Waals surface area contributed by atoms with Gasteiger partial charge in [-0.3, -0.25) is 4.99 Å². The monoisotopic (exact) mass is 219 g/mol. The summed E-state index contributed by atoms with van der Waals surface area (Å²) in [5.41, 5.74) is 4.14. The van der Waals surface area contributed by atoms with E-state index in [0.29, 0.717) is 0 Å². The zero-order chi connectivity index (χ0) is 11.1. The predicted octanol–water partition coefficient (Wildman–Crippen LogP) is 3.44. The Morgan fingerprint density at radius 2 is 2.07 bits per heavy atom. The van der Waals surface area contributed by atoms with E-state index in [9.17, 15) is 0 Å². The Kier molecular flexibility index (Phi) is 2.63. The molecule has 0 spiro atoms. The van der Waals surface area contributed by atoms with E-state index >= 15 is 0 Å². The first-order valence-corrected chi connectivity index (χ1v) is 6.48. The van der Waals surface area contributed by atoms with Gasteiger partial charge in [0.05, 0.1) is 10.6 Å². The molecule has 0 amide bonds. The number of nitrogens with zero attached hydrogens (tertiary/aromatic N) is 1. The van der Waals surface area contributed by atoms with Crippen LogP contribution < -0.4 is 0 Å². The Labute approximate surface area is 96.0 Å². The Hall–Kier alpha value is -0.760. The molecule has 1 nitrogen and oxygen atoms in total. The third-order valence-electron chi connectivity index (χ3n) is 2.72. The molecule has 0 radical (unpaired) electrons. The Bertz CT molecular complexity index is 419. The SMILES string of the molecule is CSC1=NC(C)(C)Cc2ccc(C)cc21. The highest BCUT2D eigenvalue weighted by Gasteiger charge is 2.26. The van der Waals surface area contributed by atoms with Crippen LogP contribution in [0.15, 0.2) is 23.2 Å². The van der Waals surface area contributed by atoms with Crippen molar-refractivity contribution in [1.82, 2.24) is 0 Å². The van der Waals surface area contributed by atoms with Gasteiger partial charge in [0, 0.05) is 5.56 Å². The first-order valence-electron chi connectivity index (χ1n) is 5.25. The number of benzene rings is 1. The molecule has 80 valence electrons. The Morgan fingerprint density at radius 3 is 2.73 bits per heavy atom. The van der Waals surface area contributed by atoms with Gasteiger partial charge in [0.2, 0.25) is 0 Å². The van der Waals surface area contributed by atoms with Crippen LogP contribution in [-0.2, 0) is 6.42 Å². The molecule has 0 saturated heterocycles. The van der Waals surface area contributed by atoms with Crippen LogP contribution >= 0.6 is 11.8 Å². The van der Waals surface area contributed by atoms with E-state index in [-0.39, 0.29) is 5.54 Å². The maximum atomic E-state index is 4.79. The number of thioether (sulfide) groups is 1. The quantitative estimate of drug-likeness (QED) is 0.651. The van der Waals surface area contributed by atoms with E-state index in [0.717, 1.165) is 6.42 Å². The van der Waals surface area contributed by atoms with Gasteiger partial charge < -0.3 is 0 Å². The van der Waals surface area contributed by atoms with Crippen LogP contribution in [0.5, 0.6) is 0 Å². The number of aliphatic imine (C=N–C) groups is 1. The molecule has 0 aliphatic carbocycles. The molecule has 1 heterocycles. The van der Waals surface area contributed by atoms with Crippen molar-refractivity contribution < 1.29 is 0 Å². The third-order valence-corrected chi connectivity index (χ3v) is 3.41. The van der Waals surface area contributed by atoms with Crippen molar-refractivity contribution in [2.24, 2.45) is 4.99 Å². The van der Waals surface area contributed by atoms with Crippen molar-refractivity contribution in [1.29, 1.82) is 0 Å². The molecular formula is C13H17NS. The van der Waals surface area contributed by atoms with Crippen molar-refractivity contribution >= 4 is 16.8 Å². The summed E-state index contributed by atoms with van der Waals surface area (Å²) in [5.74, 6) is 0. The Morgan fingerprint density at radius 1 is 1.33 bits per heavy atom. The fraction of sp³-hybridized carbons (Fsp3) is 0.462. The van der Waals surface area contributed by atoms with Crippen molar-refractivity contribution in [2.45, 2.75) is 32.7 Å². The number of fused-ring (bicyclic) bond motifs is 1. The second-order valence-electron chi connectivity index (χ2n) is 4.77. The first-order chi connectivity index (χ1) is 7.02. The molecule has 0 aromatic heterocycles. The summed E-state index contributed by atoms with van der Waals surface area (Å²) < 4.78 is 0. The lowest BCUT2D eigenvalue weighted by molar-refractivity contribution is 0.515. The standard InChI is InChI=1S/C13H17NS/c1-9-5-6-10-8-13(2,3)14-12(15-4)11(10)7-9/h5-7H,8H2,1-4H3. The molecule has 0 N–H and O–H groups in total. The number of aryl methyl sites for hydroxylation is 1. The number of rotatable bonds is 0. The minimum Gasteiger partial charge on any atom is -0.271 e. The molecule has 0 atom stereocenters. The summed E-state index contributed by atoms with van der Waals surface area (Å²) >= 11 is 1.75. The van der Waals surface area contributed by atoms with Gasteiger partial charge >= 0.3 is 0 Å². The lowest BCUT2D eigenvalue weighted by Crippen LogP contribution is -2.27. The van der Waals surface area contributed by atoms with E-state index in [1.165, 1.54) is 21.7 Å². The van der Waals surface area contributed by atoms with Gasteiger partial charge in [0.25, 0.3) is 0 Å². The number of hydrogen-bond acceptors (Lipinski definition) is 2. The highest BCUT2D eigenvalue weighted by Crippen LogP contribution is 2.30. The van der Waals surface area contributed by atoms with Gasteiger partial charge in [-0.1, -0.05) is 17.7 Å². The fourth-order valence-corrected chi connectivity index (χ4v) is 2.79. The minimum absolute atomic E-state index is 0.0562. The van der Waals surface area contributed by atoms with Crippen LogP contribution in [0, 0.1) is 6.92 Å². The molecular weight excluding hydrogens is 202 g/mol. The van der Waals surface area contributed by atoms with Crippen molar-refractivity contribution in [3.05, 3.63) is 34.9 Å². The van der Waals surface area contributed by atoms with Crippen molar-refractivity contribution in [3.8, 4) is 0 Å². The summed E-state index contributed by atoms with van der Waals surface area (Å²) in [6.07, 6.45) is 3.15. The summed E-state index contributed by atoms with van der Waals surface area (Å²) in [6, 6.07) is 6.69. The van der Waals surface area contributed by atoms with Crippen LogP contribution in [0.2, 0.25) is 0 Å². The number of hydrogen-bond donors (Lipinski definition) is 0. The van der Waals surface area contributed by atoms with Crippen LogP contribution in [0.3, 0.4) is 0 Å². The molecule has 0 bridgehead atoms. The molecule has 2 heteroatoms. The van der Waals surface area contributed by atoms with Crippen molar-refractivity contribution in [2.75, 3.05) is 6.26 Å². The first kappa shape index (κ1) is 10.7. The average Bonchev–Trinajstić information content (AvgIpc) is 2.16. The summed E-state index contributed by atoms with van der Waals surface area (Å²) in [7, 11) is 0. The van der Waals surface area contributed by atoms with Gasteiger partial charge in [-0.05, 0) is 45.1 Å². The van der Waals surface area contributed by atoms with Gasteiger partial charge in [-0.15, -0.1) is 11.8 Å². The predicted molar refractivity (Wildman–Crippen MR) is 69.0 cm³/mol. The summed E-state index contributed by atoms with van der Waals surface area (Å²) in [5, 5.41) is 1.19. The smallest absolute Gasteiger partial charge is 0.0983 e. The molecule has 0 fully saturated rings. The van der Waals surface area contributed by atoms with Crippen LogP contribution in [0.25, 0.3) is 0 Å². The second-order valence-corrected chi connectivity index (χ2v) is 5.57. The molecule has 0 unspecified atom stereocenters. The van der Waals surface area contributed by atoms with Crippen LogP contribution in [0.4, 0.5) is 0 Å². The molecule has 0 saturated carbocycles. The zero-order valence-electron chi connectivity index (χ0n) is 9.79. The molecule has 15 heavy (non-hydrogen) atoms. The third kappa shape index (κ3) is 2.10. The average molecular weight is 219 g/mol. The van der Waals surface area contributed by atoms with E-state index in [2.05, 4.69) is 45.2 Å². The zero-order valence-corrected chi connectivity index (χ0v) is 10.6. The Balaban J connectivity index is 2.56. The van der Waals surface area contributed by atoms with Crippen LogP contribution in [-0.4, -0.2) is 16.8 Å². The fourth-order valence-electron chi connectivity index (χ4n) is 2.04. The molecule has 1 aromatic carbocycles. The van der Waals surface area contributed by atoms with E-state index in [4.69, 9.17) is 4.99 Å². The van der Waals surface area contributed by atoms with E-state index < -0.39 is 0 Å². The van der Waals surface area contributed by atoms with Gasteiger partial charge in [-0.25, -0.2) is 0 Å². The van der Waals surface area contributed by atoms with Gasteiger partial charge in [0.1, 0.15) is 0 Å². The van der Waals surface area contributed by atoms with Gasteiger partial charge in [-0.2, -0.15) is 0 Å². The van der Waals surface area contributed by atoms with Gasteiger partial charge in [0.15, 0.2) is 0 Å². The maximum Gasteiger partial charge on any atom is 0.0983 e. The molecule has 1 aliphatic rings. The highest BCUT2D eigenvalue weighted by atomic mass is 32.2. The second kappa shape index (κ2) is 3.67. The van der Waals surface area contributed by atoms with E-state index in [1.54, 1.807) is 11.8 Å². The summed E-state index contributed by atoms with van der Waals surface area (Å²) in [6.45, 7) is 6.54. The maximum absolute atomic E-state index is 4.79. The topological polar surface area (TPSA) is 12.4 Å². The van der Waals surface area contributed by atoms with Crippen molar-refractivity contribution in [3.63, 3.8) is 0 Å². The minimum atomic E-state index is 0.0562. The van der Waals surface area contributed by atoms with Crippen LogP contribution in [0.1, 0.15) is 30.5 Å². The summed E-state index contributed by atoms with van der Waals surface area (Å²) in [4.78, 5) is 4.79. The van der Waals surface area contributed by atoms with E-state index in [1.807, 2.05) is 0 Å². The normalized spacial score (nSPS) is 18.3. The molecule has 1 aromatic rings. The largest absolute Gasteiger partial charge is 0.271 e. The lowest BCUT2D eigenvalue weighted by Gasteiger charge is -2.28.